The molecule has 0 spiro atoms. The molecule has 0 amide bonds. The maximum absolute atomic E-state index is 10.2. The monoisotopic (exact) mass is 292 g/mol. The van der Waals surface area contributed by atoms with Gasteiger partial charge in [0.1, 0.15) is 0 Å². The Kier molecular flexibility index (Phi) is 9.95. The number of aliphatic carboxylic acids is 4. The molecule has 0 aromatic heterocycles. The highest BCUT2D eigenvalue weighted by Gasteiger charge is 2.12. The first-order valence-electron chi connectivity index (χ1n) is 5.03. The van der Waals surface area contributed by atoms with Gasteiger partial charge in [-0.15, -0.1) is 0 Å². The number of carbonyl (C=O) groups is 6. The van der Waals surface area contributed by atoms with E-state index in [4.69, 9.17) is 20.4 Å². The zero-order chi connectivity index (χ0) is 16.3. The third kappa shape index (κ3) is 13.3. The van der Waals surface area contributed by atoms with Crippen LogP contribution in [-0.2, 0) is 28.8 Å². The molecule has 0 rings (SSSR count). The summed E-state index contributed by atoms with van der Waals surface area (Å²) < 4.78 is 0. The molecule has 112 valence electrons. The molecule has 10 heteroatoms. The van der Waals surface area contributed by atoms with E-state index in [0.29, 0.717) is 0 Å². The van der Waals surface area contributed by atoms with Crippen molar-refractivity contribution in [2.24, 2.45) is 0 Å². The number of ketones is 2. The molecule has 0 aliphatic carbocycles. The molecule has 20 heavy (non-hydrogen) atoms. The van der Waals surface area contributed by atoms with E-state index in [0.717, 1.165) is 0 Å². The standard InChI is InChI=1S/2C5H6O5/c2*6-3(5(9)10)1-2-4(7)8/h2*1-2H2,(H,7,8)(H,9,10). The summed E-state index contributed by atoms with van der Waals surface area (Å²) >= 11 is 0. The minimum absolute atomic E-state index is 0.425. The van der Waals surface area contributed by atoms with Crippen LogP contribution in [0, 0.1) is 0 Å². The summed E-state index contributed by atoms with van der Waals surface area (Å²) in [5.74, 6) is -7.64. The highest BCUT2D eigenvalue weighted by molar-refractivity contribution is 6.33. The van der Waals surface area contributed by atoms with E-state index in [1.165, 1.54) is 0 Å². The number of Topliss-reactive ketones (excluding diaryl/α,β-unsaturated/α-hetero) is 2. The molecule has 0 aliphatic rings. The summed E-state index contributed by atoms with van der Waals surface area (Å²) in [5, 5.41) is 31.9. The maximum atomic E-state index is 10.2. The summed E-state index contributed by atoms with van der Waals surface area (Å²) in [6.07, 6.45) is -1.73. The second kappa shape index (κ2) is 10.2. The first-order chi connectivity index (χ1) is 9.07. The van der Waals surface area contributed by atoms with Crippen molar-refractivity contribution in [1.82, 2.24) is 0 Å². The van der Waals surface area contributed by atoms with Crippen molar-refractivity contribution in [2.75, 3.05) is 0 Å². The Morgan fingerprint density at radius 3 is 0.900 bits per heavy atom. The fraction of sp³-hybridized carbons (Fsp3) is 0.400. The summed E-state index contributed by atoms with van der Waals surface area (Å²) in [5.41, 5.74) is 0. The number of carboxylic acids is 4. The maximum Gasteiger partial charge on any atom is 0.372 e. The first-order valence-corrected chi connectivity index (χ1v) is 5.03. The second-order valence-electron chi connectivity index (χ2n) is 3.24. The van der Waals surface area contributed by atoms with Gasteiger partial charge >= 0.3 is 23.9 Å². The van der Waals surface area contributed by atoms with Crippen LogP contribution in [0.3, 0.4) is 0 Å². The van der Waals surface area contributed by atoms with Gasteiger partial charge in [0.05, 0.1) is 12.8 Å². The van der Waals surface area contributed by atoms with Gasteiger partial charge in [-0.3, -0.25) is 19.2 Å². The average molecular weight is 292 g/mol. The van der Waals surface area contributed by atoms with Gasteiger partial charge in [-0.25, -0.2) is 9.59 Å². The second-order valence-corrected chi connectivity index (χ2v) is 3.24. The first kappa shape index (κ1) is 19.6. The predicted octanol–water partition coefficient (Wildman–Crippen LogP) is -0.990. The molecule has 0 saturated carbocycles. The normalized spacial score (nSPS) is 8.80. The van der Waals surface area contributed by atoms with E-state index < -0.39 is 61.1 Å². The molecule has 0 radical (unpaired) electrons. The van der Waals surface area contributed by atoms with Gasteiger partial charge in [0, 0.05) is 12.8 Å². The molecular weight excluding hydrogens is 280 g/mol. The number of rotatable bonds is 8. The Bertz CT molecular complexity index is 382. The zero-order valence-electron chi connectivity index (χ0n) is 10.1. The molecule has 0 bridgehead atoms. The predicted molar refractivity (Wildman–Crippen MR) is 59.0 cm³/mol. The highest BCUT2D eigenvalue weighted by Crippen LogP contribution is 1.90. The summed E-state index contributed by atoms with van der Waals surface area (Å²) in [6, 6.07) is 0. The van der Waals surface area contributed by atoms with Crippen LogP contribution in [0.2, 0.25) is 0 Å². The smallest absolute Gasteiger partial charge is 0.372 e. The van der Waals surface area contributed by atoms with Gasteiger partial charge in [0.2, 0.25) is 11.6 Å². The van der Waals surface area contributed by atoms with Crippen LogP contribution in [0.15, 0.2) is 0 Å². The van der Waals surface area contributed by atoms with Crippen LogP contribution < -0.4 is 0 Å². The molecule has 0 aromatic carbocycles. The van der Waals surface area contributed by atoms with Gasteiger partial charge in [-0.2, -0.15) is 0 Å². The molecule has 0 atom stereocenters. The van der Waals surface area contributed by atoms with Gasteiger partial charge in [0.25, 0.3) is 0 Å². The Hall–Kier alpha value is -2.78. The van der Waals surface area contributed by atoms with Gasteiger partial charge < -0.3 is 20.4 Å². The van der Waals surface area contributed by atoms with Crippen LogP contribution in [0.1, 0.15) is 25.7 Å². The summed E-state index contributed by atoms with van der Waals surface area (Å²) in [7, 11) is 0. The summed E-state index contributed by atoms with van der Waals surface area (Å²) in [6.45, 7) is 0. The fourth-order valence-corrected chi connectivity index (χ4v) is 0.655. The fourth-order valence-electron chi connectivity index (χ4n) is 0.655. The lowest BCUT2D eigenvalue weighted by Crippen LogP contribution is -2.13. The Morgan fingerprint density at radius 2 is 0.750 bits per heavy atom. The molecule has 0 fully saturated rings. The van der Waals surface area contributed by atoms with Crippen molar-refractivity contribution < 1.29 is 49.2 Å². The average Bonchev–Trinajstić information content (AvgIpc) is 2.33. The molecule has 0 saturated heterocycles. The van der Waals surface area contributed by atoms with Crippen LogP contribution in [0.25, 0.3) is 0 Å². The Morgan fingerprint density at radius 1 is 0.500 bits per heavy atom. The number of carboxylic acid groups (broad SMARTS) is 4. The van der Waals surface area contributed by atoms with E-state index in [1.54, 1.807) is 0 Å². The number of hydrogen-bond acceptors (Lipinski definition) is 6. The molecule has 10 nitrogen and oxygen atoms in total. The SMILES string of the molecule is O=C(O)CCC(=O)C(=O)O.O=C(O)CCC(=O)C(=O)O. The van der Waals surface area contributed by atoms with E-state index in [9.17, 15) is 28.8 Å². The third-order valence-electron chi connectivity index (χ3n) is 1.61. The van der Waals surface area contributed by atoms with Gasteiger partial charge in [0.15, 0.2) is 0 Å². The van der Waals surface area contributed by atoms with Crippen LogP contribution >= 0.6 is 0 Å². The lowest BCUT2D eigenvalue weighted by Gasteiger charge is -1.88. The lowest BCUT2D eigenvalue weighted by molar-refractivity contribution is -0.150. The molecule has 0 aliphatic heterocycles. The van der Waals surface area contributed by atoms with E-state index in [1.807, 2.05) is 0 Å². The highest BCUT2D eigenvalue weighted by atomic mass is 16.4. The van der Waals surface area contributed by atoms with Crippen LogP contribution in [0.4, 0.5) is 0 Å². The van der Waals surface area contributed by atoms with E-state index >= 15 is 0 Å². The Labute approximate surface area is 111 Å². The van der Waals surface area contributed by atoms with Crippen molar-refractivity contribution in [3.8, 4) is 0 Å². The van der Waals surface area contributed by atoms with Crippen molar-refractivity contribution in [3.05, 3.63) is 0 Å². The molecule has 0 aromatic rings. The third-order valence-corrected chi connectivity index (χ3v) is 1.61. The topological polar surface area (TPSA) is 183 Å². The molecule has 0 unspecified atom stereocenters. The Balaban J connectivity index is 0. The number of carbonyl (C=O) groups excluding carboxylic acids is 2. The van der Waals surface area contributed by atoms with Crippen LogP contribution in [-0.4, -0.2) is 55.9 Å². The lowest BCUT2D eigenvalue weighted by atomic mass is 10.2. The van der Waals surface area contributed by atoms with Crippen molar-refractivity contribution in [1.29, 1.82) is 0 Å². The van der Waals surface area contributed by atoms with Crippen LogP contribution in [0.5, 0.6) is 0 Å². The van der Waals surface area contributed by atoms with E-state index in [-0.39, 0.29) is 0 Å². The van der Waals surface area contributed by atoms with Gasteiger partial charge in [-0.1, -0.05) is 0 Å². The van der Waals surface area contributed by atoms with Gasteiger partial charge in [-0.05, 0) is 0 Å². The number of hydrogen-bond donors (Lipinski definition) is 4. The van der Waals surface area contributed by atoms with Crippen molar-refractivity contribution in [2.45, 2.75) is 25.7 Å². The quantitative estimate of drug-likeness (QED) is 0.405. The van der Waals surface area contributed by atoms with Crippen molar-refractivity contribution >= 4 is 35.4 Å². The zero-order valence-corrected chi connectivity index (χ0v) is 10.1. The van der Waals surface area contributed by atoms with E-state index in [2.05, 4.69) is 0 Å². The summed E-state index contributed by atoms with van der Waals surface area (Å²) in [4.78, 5) is 59.5. The largest absolute Gasteiger partial charge is 0.481 e. The van der Waals surface area contributed by atoms with Crippen molar-refractivity contribution in [3.63, 3.8) is 0 Å². The minimum Gasteiger partial charge on any atom is -0.481 e. The minimum atomic E-state index is -1.58. The molecular formula is C10H12O10. The molecule has 0 heterocycles. The molecule has 4 N–H and O–H groups in total.